The smallest absolute Gasteiger partial charge is 0.124 e. The van der Waals surface area contributed by atoms with E-state index in [-0.39, 0.29) is 11.9 Å². The van der Waals surface area contributed by atoms with E-state index in [1.165, 1.54) is 6.07 Å². The highest BCUT2D eigenvalue weighted by Gasteiger charge is 2.15. The number of halogens is 4. The third kappa shape index (κ3) is 4.78. The van der Waals surface area contributed by atoms with E-state index < -0.39 is 0 Å². The van der Waals surface area contributed by atoms with Crippen LogP contribution in [0.25, 0.3) is 0 Å². The van der Waals surface area contributed by atoms with Crippen molar-refractivity contribution in [3.8, 4) is 0 Å². The molecule has 0 saturated carbocycles. The molecule has 0 saturated heterocycles. The molecule has 21 heavy (non-hydrogen) atoms. The first-order valence-corrected chi connectivity index (χ1v) is 8.59. The van der Waals surface area contributed by atoms with Gasteiger partial charge in [-0.15, -0.1) is 0 Å². The summed E-state index contributed by atoms with van der Waals surface area (Å²) in [7, 11) is 0. The second-order valence-electron chi connectivity index (χ2n) is 4.75. The fourth-order valence-corrected chi connectivity index (χ4v) is 3.47. The van der Waals surface area contributed by atoms with Crippen LogP contribution in [0.5, 0.6) is 0 Å². The minimum absolute atomic E-state index is 0.0145. The number of benzene rings is 2. The lowest BCUT2D eigenvalue weighted by molar-refractivity contribution is 0.542. The molecular formula is C16H15Br2ClFN. The second kappa shape index (κ2) is 7.73. The van der Waals surface area contributed by atoms with Gasteiger partial charge in [0.25, 0.3) is 0 Å². The van der Waals surface area contributed by atoms with Crippen LogP contribution in [-0.4, -0.2) is 6.54 Å². The van der Waals surface area contributed by atoms with Gasteiger partial charge in [0, 0.05) is 20.0 Å². The number of nitrogens with one attached hydrogen (secondary N) is 1. The molecule has 2 aromatic carbocycles. The van der Waals surface area contributed by atoms with Gasteiger partial charge in [-0.05, 0) is 54.4 Å². The van der Waals surface area contributed by atoms with Crippen molar-refractivity contribution in [2.75, 3.05) is 6.54 Å². The van der Waals surface area contributed by atoms with Crippen molar-refractivity contribution in [2.24, 2.45) is 0 Å². The highest BCUT2D eigenvalue weighted by atomic mass is 79.9. The summed E-state index contributed by atoms with van der Waals surface area (Å²) in [4.78, 5) is 0. The number of hydrogen-bond acceptors (Lipinski definition) is 1. The molecule has 1 unspecified atom stereocenters. The average molecular weight is 436 g/mol. The number of likely N-dealkylation sites (N-methyl/N-ethyl adjacent to an activating group) is 1. The van der Waals surface area contributed by atoms with Crippen LogP contribution in [0.4, 0.5) is 4.39 Å². The molecule has 0 aliphatic carbocycles. The van der Waals surface area contributed by atoms with E-state index in [1.54, 1.807) is 6.07 Å². The molecular weight excluding hydrogens is 420 g/mol. The SMILES string of the molecule is CCNC(Cc1ccc(Br)cc1Cl)c1cc(F)cc(Br)c1. The van der Waals surface area contributed by atoms with Crippen molar-refractivity contribution in [1.82, 2.24) is 5.32 Å². The third-order valence-corrected chi connectivity index (χ3v) is 4.48. The minimum Gasteiger partial charge on any atom is -0.310 e. The molecule has 2 rings (SSSR count). The summed E-state index contributed by atoms with van der Waals surface area (Å²) in [5.41, 5.74) is 1.94. The van der Waals surface area contributed by atoms with E-state index in [1.807, 2.05) is 31.2 Å². The van der Waals surface area contributed by atoms with Gasteiger partial charge in [0.05, 0.1) is 0 Å². The largest absolute Gasteiger partial charge is 0.310 e. The van der Waals surface area contributed by atoms with Crippen LogP contribution < -0.4 is 5.32 Å². The van der Waals surface area contributed by atoms with E-state index in [9.17, 15) is 4.39 Å². The highest BCUT2D eigenvalue weighted by Crippen LogP contribution is 2.28. The molecule has 0 spiro atoms. The predicted molar refractivity (Wildman–Crippen MR) is 93.4 cm³/mol. The van der Waals surface area contributed by atoms with E-state index in [4.69, 9.17) is 11.6 Å². The van der Waals surface area contributed by atoms with Crippen LogP contribution in [-0.2, 0) is 6.42 Å². The zero-order chi connectivity index (χ0) is 15.4. The molecule has 0 aliphatic rings. The maximum Gasteiger partial charge on any atom is 0.124 e. The molecule has 2 aromatic rings. The standard InChI is InChI=1S/C16H15Br2ClFN/c1-2-21-16(11-5-13(18)8-14(20)6-11)7-10-3-4-12(17)9-15(10)19/h3-6,8-9,16,21H,2,7H2,1H3. The summed E-state index contributed by atoms with van der Waals surface area (Å²) in [5, 5.41) is 4.10. The lowest BCUT2D eigenvalue weighted by atomic mass is 9.98. The lowest BCUT2D eigenvalue weighted by Gasteiger charge is -2.20. The van der Waals surface area contributed by atoms with Gasteiger partial charge in [-0.2, -0.15) is 0 Å². The Kier molecular flexibility index (Phi) is 6.23. The Morgan fingerprint density at radius 2 is 1.90 bits per heavy atom. The second-order valence-corrected chi connectivity index (χ2v) is 6.99. The van der Waals surface area contributed by atoms with Crippen molar-refractivity contribution >= 4 is 43.5 Å². The Bertz CT molecular complexity index is 613. The third-order valence-electron chi connectivity index (χ3n) is 3.18. The average Bonchev–Trinajstić information content (AvgIpc) is 2.40. The molecule has 0 bridgehead atoms. The summed E-state index contributed by atoms with van der Waals surface area (Å²) in [6.07, 6.45) is 0.704. The Labute approximate surface area is 146 Å². The molecule has 1 nitrogen and oxygen atoms in total. The van der Waals surface area contributed by atoms with Crippen LogP contribution >= 0.6 is 43.5 Å². The van der Waals surface area contributed by atoms with Crippen molar-refractivity contribution in [3.05, 3.63) is 67.3 Å². The maximum atomic E-state index is 13.6. The summed E-state index contributed by atoms with van der Waals surface area (Å²) in [5.74, 6) is -0.246. The topological polar surface area (TPSA) is 12.0 Å². The van der Waals surface area contributed by atoms with Gasteiger partial charge < -0.3 is 5.32 Å². The molecule has 112 valence electrons. The molecule has 0 fully saturated rings. The maximum absolute atomic E-state index is 13.6. The molecule has 5 heteroatoms. The van der Waals surface area contributed by atoms with Crippen LogP contribution in [0.15, 0.2) is 45.3 Å². The van der Waals surface area contributed by atoms with E-state index >= 15 is 0 Å². The van der Waals surface area contributed by atoms with Gasteiger partial charge in [-0.1, -0.05) is 56.5 Å². The van der Waals surface area contributed by atoms with Gasteiger partial charge in [-0.3, -0.25) is 0 Å². The molecule has 1 N–H and O–H groups in total. The van der Waals surface area contributed by atoms with Crippen molar-refractivity contribution in [2.45, 2.75) is 19.4 Å². The van der Waals surface area contributed by atoms with E-state index in [0.29, 0.717) is 11.4 Å². The van der Waals surface area contributed by atoms with Crippen molar-refractivity contribution in [1.29, 1.82) is 0 Å². The lowest BCUT2D eigenvalue weighted by Crippen LogP contribution is -2.23. The zero-order valence-corrected chi connectivity index (χ0v) is 15.4. The van der Waals surface area contributed by atoms with Gasteiger partial charge in [0.1, 0.15) is 5.82 Å². The normalized spacial score (nSPS) is 12.4. The Morgan fingerprint density at radius 1 is 1.14 bits per heavy atom. The van der Waals surface area contributed by atoms with Crippen molar-refractivity contribution < 1.29 is 4.39 Å². The fraction of sp³-hybridized carbons (Fsp3) is 0.250. The molecule has 0 aromatic heterocycles. The summed E-state index contributed by atoms with van der Waals surface area (Å²) in [6.45, 7) is 2.83. The Balaban J connectivity index is 2.30. The molecule has 0 heterocycles. The van der Waals surface area contributed by atoms with Gasteiger partial charge in [0.2, 0.25) is 0 Å². The quantitative estimate of drug-likeness (QED) is 0.617. The van der Waals surface area contributed by atoms with Gasteiger partial charge in [-0.25, -0.2) is 4.39 Å². The van der Waals surface area contributed by atoms with E-state index in [0.717, 1.165) is 26.6 Å². The number of hydrogen-bond donors (Lipinski definition) is 1. The van der Waals surface area contributed by atoms with E-state index in [2.05, 4.69) is 37.2 Å². The molecule has 1 atom stereocenters. The summed E-state index contributed by atoms with van der Waals surface area (Å²) < 4.78 is 15.3. The van der Waals surface area contributed by atoms with Gasteiger partial charge in [0.15, 0.2) is 0 Å². The number of rotatable bonds is 5. The Hall–Kier alpha value is -0.420. The Morgan fingerprint density at radius 3 is 2.52 bits per heavy atom. The fourth-order valence-electron chi connectivity index (χ4n) is 2.24. The van der Waals surface area contributed by atoms with Gasteiger partial charge >= 0.3 is 0 Å². The summed E-state index contributed by atoms with van der Waals surface area (Å²) in [6, 6.07) is 10.8. The molecule has 0 aliphatic heterocycles. The predicted octanol–water partition coefficient (Wildman–Crippen LogP) is 5.90. The first-order chi connectivity index (χ1) is 9.99. The summed E-state index contributed by atoms with van der Waals surface area (Å²) >= 11 is 13.0. The van der Waals surface area contributed by atoms with Crippen LogP contribution in [0.1, 0.15) is 24.1 Å². The van der Waals surface area contributed by atoms with Crippen LogP contribution in [0.3, 0.4) is 0 Å². The van der Waals surface area contributed by atoms with Crippen LogP contribution in [0, 0.1) is 5.82 Å². The monoisotopic (exact) mass is 433 g/mol. The minimum atomic E-state index is -0.246. The zero-order valence-electron chi connectivity index (χ0n) is 11.5. The molecule has 0 amide bonds. The highest BCUT2D eigenvalue weighted by molar-refractivity contribution is 9.10. The molecule has 0 radical (unpaired) electrons. The first kappa shape index (κ1) is 16.9. The van der Waals surface area contributed by atoms with Crippen molar-refractivity contribution in [3.63, 3.8) is 0 Å². The van der Waals surface area contributed by atoms with Crippen LogP contribution in [0.2, 0.25) is 5.02 Å². The first-order valence-electron chi connectivity index (χ1n) is 6.63.